The van der Waals surface area contributed by atoms with E-state index in [1.165, 1.54) is 29.6 Å². The topological polar surface area (TPSA) is 91.4 Å². The Balaban J connectivity index is 1.62. The van der Waals surface area contributed by atoms with Gasteiger partial charge in [0.1, 0.15) is 35.4 Å². The number of carbonyl (C=O) groups excluding carboxylic acids is 1. The van der Waals surface area contributed by atoms with Crippen molar-refractivity contribution in [1.29, 1.82) is 0 Å². The zero-order valence-electron chi connectivity index (χ0n) is 19.1. The van der Waals surface area contributed by atoms with E-state index in [0.29, 0.717) is 25.4 Å². The molecule has 8 nitrogen and oxygen atoms in total. The van der Waals surface area contributed by atoms with Gasteiger partial charge in [0.05, 0.1) is 19.3 Å². The molecule has 33 heavy (non-hydrogen) atoms. The van der Waals surface area contributed by atoms with Gasteiger partial charge in [-0.3, -0.25) is 0 Å². The summed E-state index contributed by atoms with van der Waals surface area (Å²) >= 11 is 0. The van der Waals surface area contributed by atoms with Crippen molar-refractivity contribution in [1.82, 2.24) is 4.31 Å². The number of carbonyl (C=O) groups is 1. The summed E-state index contributed by atoms with van der Waals surface area (Å²) in [6.07, 6.45) is 3.65. The SMILES string of the molecule is CCOc1ccc(OCCOC(=O)c2ccc(OC)c(S(=O)(=O)N3CCCCCC3)c2)cc1. The van der Waals surface area contributed by atoms with E-state index in [-0.39, 0.29) is 29.4 Å². The average molecular weight is 478 g/mol. The molecule has 0 amide bonds. The number of nitrogens with zero attached hydrogens (tertiary/aromatic N) is 1. The molecule has 2 aromatic carbocycles. The van der Waals surface area contributed by atoms with E-state index < -0.39 is 16.0 Å². The van der Waals surface area contributed by atoms with Crippen LogP contribution >= 0.6 is 0 Å². The summed E-state index contributed by atoms with van der Waals surface area (Å²) in [5.41, 5.74) is 0.144. The van der Waals surface area contributed by atoms with Gasteiger partial charge in [-0.2, -0.15) is 4.31 Å². The van der Waals surface area contributed by atoms with Gasteiger partial charge in [0.15, 0.2) is 0 Å². The standard InChI is InChI=1S/C24H31NO7S/c1-3-30-20-9-11-21(12-10-20)31-16-17-32-24(26)19-8-13-22(29-2)23(18-19)33(27,28)25-14-6-4-5-7-15-25/h8-13,18H,3-7,14-17H2,1-2H3. The molecule has 3 rings (SSSR count). The number of sulfonamides is 1. The summed E-state index contributed by atoms with van der Waals surface area (Å²) in [5.74, 6) is 0.960. The highest BCUT2D eigenvalue weighted by Crippen LogP contribution is 2.29. The minimum atomic E-state index is -3.79. The Morgan fingerprint density at radius 2 is 1.55 bits per heavy atom. The van der Waals surface area contributed by atoms with Crippen molar-refractivity contribution in [3.63, 3.8) is 0 Å². The molecule has 0 aliphatic carbocycles. The first-order chi connectivity index (χ1) is 16.0. The first-order valence-electron chi connectivity index (χ1n) is 11.2. The van der Waals surface area contributed by atoms with E-state index in [4.69, 9.17) is 18.9 Å². The highest BCUT2D eigenvalue weighted by molar-refractivity contribution is 7.89. The summed E-state index contributed by atoms with van der Waals surface area (Å²) in [6.45, 7) is 3.60. The number of hydrogen-bond acceptors (Lipinski definition) is 7. The summed E-state index contributed by atoms with van der Waals surface area (Å²) in [4.78, 5) is 12.5. The van der Waals surface area contributed by atoms with E-state index in [9.17, 15) is 13.2 Å². The van der Waals surface area contributed by atoms with Crippen LogP contribution in [-0.2, 0) is 14.8 Å². The van der Waals surface area contributed by atoms with Gasteiger partial charge in [-0.05, 0) is 62.2 Å². The Morgan fingerprint density at radius 1 is 0.909 bits per heavy atom. The third kappa shape index (κ3) is 6.61. The Labute approximate surface area is 195 Å². The molecule has 180 valence electrons. The Hall–Kier alpha value is -2.78. The molecule has 0 N–H and O–H groups in total. The third-order valence-corrected chi connectivity index (χ3v) is 7.22. The molecular weight excluding hydrogens is 446 g/mol. The maximum atomic E-state index is 13.2. The minimum absolute atomic E-state index is 0.0201. The van der Waals surface area contributed by atoms with Crippen molar-refractivity contribution in [2.75, 3.05) is 40.0 Å². The first kappa shape index (κ1) is 24.9. The second kappa shape index (κ2) is 11.9. The molecule has 2 aromatic rings. The lowest BCUT2D eigenvalue weighted by Crippen LogP contribution is -2.32. The second-order valence-electron chi connectivity index (χ2n) is 7.57. The van der Waals surface area contributed by atoms with Gasteiger partial charge in [0, 0.05) is 13.1 Å². The van der Waals surface area contributed by atoms with Crippen molar-refractivity contribution in [3.05, 3.63) is 48.0 Å². The van der Waals surface area contributed by atoms with E-state index in [1.807, 2.05) is 6.92 Å². The van der Waals surface area contributed by atoms with Crippen LogP contribution in [0.3, 0.4) is 0 Å². The van der Waals surface area contributed by atoms with Crippen molar-refractivity contribution < 1.29 is 32.2 Å². The number of hydrogen-bond donors (Lipinski definition) is 0. The number of esters is 1. The van der Waals surface area contributed by atoms with Crippen LogP contribution in [0.5, 0.6) is 17.2 Å². The van der Waals surface area contributed by atoms with Crippen LogP contribution in [0, 0.1) is 0 Å². The molecule has 0 saturated carbocycles. The van der Waals surface area contributed by atoms with Crippen LogP contribution in [0.25, 0.3) is 0 Å². The molecule has 9 heteroatoms. The van der Waals surface area contributed by atoms with E-state index in [1.54, 1.807) is 24.3 Å². The Morgan fingerprint density at radius 3 is 2.15 bits per heavy atom. The lowest BCUT2D eigenvalue weighted by Gasteiger charge is -2.21. The fourth-order valence-corrected chi connectivity index (χ4v) is 5.30. The quantitative estimate of drug-likeness (QED) is 0.379. The smallest absolute Gasteiger partial charge is 0.338 e. The van der Waals surface area contributed by atoms with Gasteiger partial charge < -0.3 is 18.9 Å². The van der Waals surface area contributed by atoms with Gasteiger partial charge in [0.25, 0.3) is 0 Å². The number of ether oxygens (including phenoxy) is 4. The maximum Gasteiger partial charge on any atom is 0.338 e. The molecule has 0 bridgehead atoms. The summed E-state index contributed by atoms with van der Waals surface area (Å²) in [6, 6.07) is 11.5. The molecule has 1 saturated heterocycles. The first-order valence-corrected chi connectivity index (χ1v) is 12.6. The fourth-order valence-electron chi connectivity index (χ4n) is 3.60. The highest BCUT2D eigenvalue weighted by Gasteiger charge is 2.29. The average Bonchev–Trinajstić information content (AvgIpc) is 3.13. The van der Waals surface area contributed by atoms with Crippen LogP contribution < -0.4 is 14.2 Å². The molecule has 0 unspecified atom stereocenters. The summed E-state index contributed by atoms with van der Waals surface area (Å²) in [7, 11) is -2.38. The zero-order chi connectivity index (χ0) is 23.7. The number of methoxy groups -OCH3 is 1. The highest BCUT2D eigenvalue weighted by atomic mass is 32.2. The van der Waals surface area contributed by atoms with Gasteiger partial charge in [-0.25, -0.2) is 13.2 Å². The molecule has 0 aromatic heterocycles. The molecule has 1 aliphatic rings. The lowest BCUT2D eigenvalue weighted by atomic mass is 10.2. The molecule has 1 heterocycles. The second-order valence-corrected chi connectivity index (χ2v) is 9.48. The number of rotatable bonds is 10. The Kier molecular flexibility index (Phi) is 8.96. The van der Waals surface area contributed by atoms with Gasteiger partial charge in [0.2, 0.25) is 10.0 Å². The molecular formula is C24H31NO7S. The van der Waals surface area contributed by atoms with E-state index in [0.717, 1.165) is 31.4 Å². The van der Waals surface area contributed by atoms with Crippen LogP contribution in [0.1, 0.15) is 43.0 Å². The largest absolute Gasteiger partial charge is 0.495 e. The fraction of sp³-hybridized carbons (Fsp3) is 0.458. The molecule has 0 spiro atoms. The predicted octanol–water partition coefficient (Wildman–Crippen LogP) is 3.89. The summed E-state index contributed by atoms with van der Waals surface area (Å²) in [5, 5.41) is 0. The van der Waals surface area contributed by atoms with E-state index in [2.05, 4.69) is 0 Å². The normalized spacial score (nSPS) is 14.8. The lowest BCUT2D eigenvalue weighted by molar-refractivity contribution is 0.0450. The van der Waals surface area contributed by atoms with Crippen LogP contribution in [0.15, 0.2) is 47.4 Å². The molecule has 0 radical (unpaired) electrons. The minimum Gasteiger partial charge on any atom is -0.495 e. The van der Waals surface area contributed by atoms with Crippen LogP contribution in [0.4, 0.5) is 0 Å². The van der Waals surface area contributed by atoms with Crippen LogP contribution in [-0.4, -0.2) is 58.7 Å². The maximum absolute atomic E-state index is 13.2. The van der Waals surface area contributed by atoms with Gasteiger partial charge in [-0.15, -0.1) is 0 Å². The van der Waals surface area contributed by atoms with E-state index >= 15 is 0 Å². The monoisotopic (exact) mass is 477 g/mol. The Bertz CT molecular complexity index is 1010. The van der Waals surface area contributed by atoms with Crippen molar-refractivity contribution in [3.8, 4) is 17.2 Å². The molecule has 0 atom stereocenters. The predicted molar refractivity (Wildman–Crippen MR) is 124 cm³/mol. The van der Waals surface area contributed by atoms with Crippen LogP contribution in [0.2, 0.25) is 0 Å². The van der Waals surface area contributed by atoms with Crippen molar-refractivity contribution >= 4 is 16.0 Å². The van der Waals surface area contributed by atoms with Crippen molar-refractivity contribution in [2.45, 2.75) is 37.5 Å². The third-order valence-electron chi connectivity index (χ3n) is 5.30. The van der Waals surface area contributed by atoms with Gasteiger partial charge >= 0.3 is 5.97 Å². The van der Waals surface area contributed by atoms with Gasteiger partial charge in [-0.1, -0.05) is 12.8 Å². The zero-order valence-corrected chi connectivity index (χ0v) is 19.9. The summed E-state index contributed by atoms with van der Waals surface area (Å²) < 4.78 is 49.5. The number of benzene rings is 2. The van der Waals surface area contributed by atoms with Crippen molar-refractivity contribution in [2.24, 2.45) is 0 Å². The molecule has 1 aliphatic heterocycles. The molecule has 1 fully saturated rings.